The van der Waals surface area contributed by atoms with E-state index < -0.39 is 5.69 Å². The Morgan fingerprint density at radius 2 is 1.57 bits per heavy atom. The minimum atomic E-state index is -2.32. The van der Waals surface area contributed by atoms with Crippen molar-refractivity contribution >= 4 is 34.9 Å². The average molecular weight is 356 g/mol. The van der Waals surface area contributed by atoms with Crippen molar-refractivity contribution in [2.75, 3.05) is 26.1 Å². The summed E-state index contributed by atoms with van der Waals surface area (Å²) in [5.41, 5.74) is -2.32. The van der Waals surface area contributed by atoms with Crippen molar-refractivity contribution in [3.05, 3.63) is 0 Å². The quantitative estimate of drug-likeness (QED) is 0.250. The summed E-state index contributed by atoms with van der Waals surface area (Å²) >= 11 is 7.03. The van der Waals surface area contributed by atoms with Crippen LogP contribution < -0.4 is 0 Å². The molecule has 0 bridgehead atoms. The molecule has 0 saturated carbocycles. The second-order valence-corrected chi connectivity index (χ2v) is 11.1. The van der Waals surface area contributed by atoms with Gasteiger partial charge in [0.25, 0.3) is 0 Å². The summed E-state index contributed by atoms with van der Waals surface area (Å²) in [4.78, 5) is 11.2. The van der Waals surface area contributed by atoms with Crippen LogP contribution in [0.3, 0.4) is 0 Å². The number of esters is 1. The number of carbonyl (C=O) groups excluding carboxylic acids is 1. The molecule has 0 aliphatic heterocycles. The third-order valence-corrected chi connectivity index (χ3v) is 8.19. The zero-order valence-corrected chi connectivity index (χ0v) is 16.0. The van der Waals surface area contributed by atoms with E-state index >= 15 is 0 Å². The smallest absolute Gasteiger partial charge is 0.306 e. The van der Waals surface area contributed by atoms with E-state index in [1.165, 1.54) is 18.5 Å². The number of methoxy groups -OCH3 is 1. The molecule has 7 heteroatoms. The summed E-state index contributed by atoms with van der Waals surface area (Å²) in [6.07, 6.45) is 6.93. The third kappa shape index (κ3) is 12.6. The van der Waals surface area contributed by atoms with Crippen molar-refractivity contribution in [3.63, 3.8) is 0 Å². The second-order valence-electron chi connectivity index (χ2n) is 4.69. The normalized spacial score (nSPS) is 11.6. The van der Waals surface area contributed by atoms with E-state index in [0.717, 1.165) is 38.5 Å². The molecule has 0 aromatic heterocycles. The van der Waals surface area contributed by atoms with E-state index in [1.54, 1.807) is 0 Å². The standard InChI is InChI=1S/C14H29O4PS2/c1-4-6-8-11-17-19(20,18-12-9-7-5-2)21-13-10-14(15)16-3/h4-13H2,1-3H3. The largest absolute Gasteiger partial charge is 0.469 e. The summed E-state index contributed by atoms with van der Waals surface area (Å²) in [6, 6.07) is 0. The number of unbranched alkanes of at least 4 members (excludes halogenated alkanes) is 4. The van der Waals surface area contributed by atoms with Crippen LogP contribution in [0.4, 0.5) is 0 Å². The highest BCUT2D eigenvalue weighted by Gasteiger charge is 2.20. The molecule has 21 heavy (non-hydrogen) atoms. The number of carbonyl (C=O) groups is 1. The predicted molar refractivity (Wildman–Crippen MR) is 94.3 cm³/mol. The maximum absolute atomic E-state index is 11.2. The molecule has 0 saturated heterocycles. The van der Waals surface area contributed by atoms with Crippen molar-refractivity contribution in [3.8, 4) is 0 Å². The molecule has 0 spiro atoms. The van der Waals surface area contributed by atoms with Gasteiger partial charge in [-0.1, -0.05) is 50.9 Å². The van der Waals surface area contributed by atoms with Crippen LogP contribution in [0.2, 0.25) is 0 Å². The third-order valence-electron chi connectivity index (χ3n) is 2.78. The van der Waals surface area contributed by atoms with Gasteiger partial charge in [-0.2, -0.15) is 0 Å². The summed E-state index contributed by atoms with van der Waals surface area (Å²) in [5, 5.41) is 0. The number of hydrogen-bond donors (Lipinski definition) is 0. The Bertz CT molecular complexity index is 297. The van der Waals surface area contributed by atoms with Gasteiger partial charge < -0.3 is 13.8 Å². The predicted octanol–water partition coefficient (Wildman–Crippen LogP) is 4.92. The molecule has 0 N–H and O–H groups in total. The fourth-order valence-corrected chi connectivity index (χ4v) is 5.88. The van der Waals surface area contributed by atoms with Crippen LogP contribution in [0.25, 0.3) is 0 Å². The SMILES string of the molecule is CCCCCOP(=S)(OCCCCC)SCCC(=O)OC. The summed E-state index contributed by atoms with van der Waals surface area (Å²) in [5.74, 6) is 0.368. The van der Waals surface area contributed by atoms with E-state index in [9.17, 15) is 4.79 Å². The molecule has 0 aliphatic carbocycles. The molecule has 0 atom stereocenters. The van der Waals surface area contributed by atoms with Crippen LogP contribution in [0.15, 0.2) is 0 Å². The monoisotopic (exact) mass is 356 g/mol. The zero-order valence-electron chi connectivity index (χ0n) is 13.5. The molecule has 0 aromatic rings. The van der Waals surface area contributed by atoms with Gasteiger partial charge in [0.15, 0.2) is 0 Å². The fraction of sp³-hybridized carbons (Fsp3) is 0.929. The summed E-state index contributed by atoms with van der Waals surface area (Å²) in [6.45, 7) is 5.60. The first-order chi connectivity index (χ1) is 10.1. The fourth-order valence-electron chi connectivity index (χ4n) is 1.51. The van der Waals surface area contributed by atoms with E-state index in [4.69, 9.17) is 20.9 Å². The lowest BCUT2D eigenvalue weighted by atomic mass is 10.3. The van der Waals surface area contributed by atoms with Crippen LogP contribution in [-0.4, -0.2) is 32.0 Å². The molecular weight excluding hydrogens is 327 g/mol. The lowest BCUT2D eigenvalue weighted by molar-refractivity contribution is -0.140. The first-order valence-electron chi connectivity index (χ1n) is 7.68. The Balaban J connectivity index is 4.16. The molecular formula is C14H29O4PS2. The van der Waals surface area contributed by atoms with Crippen molar-refractivity contribution in [1.29, 1.82) is 0 Å². The lowest BCUT2D eigenvalue weighted by Crippen LogP contribution is -2.03. The number of rotatable bonds is 14. The van der Waals surface area contributed by atoms with Crippen molar-refractivity contribution in [2.45, 2.75) is 58.8 Å². The van der Waals surface area contributed by atoms with Gasteiger partial charge in [0.1, 0.15) is 0 Å². The van der Waals surface area contributed by atoms with Crippen LogP contribution in [0, 0.1) is 0 Å². The molecule has 126 valence electrons. The highest BCUT2D eigenvalue weighted by molar-refractivity contribution is 8.67. The molecule has 0 amide bonds. The Hall–Kier alpha value is 0.390. The Labute approximate surface area is 138 Å². The number of ether oxygens (including phenoxy) is 1. The molecule has 0 aromatic carbocycles. The molecule has 0 fully saturated rings. The minimum absolute atomic E-state index is 0.221. The van der Waals surface area contributed by atoms with E-state index in [-0.39, 0.29) is 5.97 Å². The topological polar surface area (TPSA) is 44.8 Å². The lowest BCUT2D eigenvalue weighted by Gasteiger charge is -2.21. The van der Waals surface area contributed by atoms with E-state index in [2.05, 4.69) is 18.6 Å². The van der Waals surface area contributed by atoms with Crippen LogP contribution in [-0.2, 0) is 30.4 Å². The van der Waals surface area contributed by atoms with E-state index in [0.29, 0.717) is 25.4 Å². The first-order valence-corrected chi connectivity index (χ1v) is 11.9. The van der Waals surface area contributed by atoms with E-state index in [1.807, 2.05) is 0 Å². The summed E-state index contributed by atoms with van der Waals surface area (Å²) in [7, 11) is 1.39. The average Bonchev–Trinajstić information content (AvgIpc) is 2.48. The van der Waals surface area contributed by atoms with Gasteiger partial charge >= 0.3 is 5.97 Å². The van der Waals surface area contributed by atoms with Crippen molar-refractivity contribution in [1.82, 2.24) is 0 Å². The first kappa shape index (κ1) is 21.4. The molecule has 0 heterocycles. The molecule has 0 rings (SSSR count). The van der Waals surface area contributed by atoms with Crippen molar-refractivity contribution < 1.29 is 18.6 Å². The Morgan fingerprint density at radius 3 is 2.00 bits per heavy atom. The second kappa shape index (κ2) is 14.0. The van der Waals surface area contributed by atoms with Gasteiger partial charge in [-0.15, -0.1) is 0 Å². The molecule has 4 nitrogen and oxygen atoms in total. The van der Waals surface area contributed by atoms with Gasteiger partial charge in [0, 0.05) is 5.75 Å². The Kier molecular flexibility index (Phi) is 14.3. The van der Waals surface area contributed by atoms with Gasteiger partial charge in [-0.3, -0.25) is 4.79 Å². The van der Waals surface area contributed by atoms with Gasteiger partial charge in [0.05, 0.1) is 26.7 Å². The maximum Gasteiger partial charge on any atom is 0.306 e. The van der Waals surface area contributed by atoms with Gasteiger partial charge in [-0.05, 0) is 24.6 Å². The summed E-state index contributed by atoms with van der Waals surface area (Å²) < 4.78 is 16.3. The minimum Gasteiger partial charge on any atom is -0.469 e. The van der Waals surface area contributed by atoms with Crippen molar-refractivity contribution in [2.24, 2.45) is 0 Å². The van der Waals surface area contributed by atoms with Crippen LogP contribution in [0.1, 0.15) is 58.8 Å². The highest BCUT2D eigenvalue weighted by Crippen LogP contribution is 2.61. The molecule has 0 radical (unpaired) electrons. The molecule has 0 aliphatic rings. The van der Waals surface area contributed by atoms with Gasteiger partial charge in [0.2, 0.25) is 5.69 Å². The van der Waals surface area contributed by atoms with Crippen LogP contribution in [0.5, 0.6) is 0 Å². The maximum atomic E-state index is 11.2. The van der Waals surface area contributed by atoms with Crippen LogP contribution >= 0.6 is 17.1 Å². The zero-order chi connectivity index (χ0) is 16.0. The highest BCUT2D eigenvalue weighted by atomic mass is 32.9. The molecule has 0 unspecified atom stereocenters. The van der Waals surface area contributed by atoms with Gasteiger partial charge in [-0.25, -0.2) is 0 Å². The number of hydrogen-bond acceptors (Lipinski definition) is 6. The Morgan fingerprint density at radius 1 is 1.05 bits per heavy atom.